The highest BCUT2D eigenvalue weighted by atomic mass is 79.9. The molecule has 0 spiro atoms. The van der Waals surface area contributed by atoms with Gasteiger partial charge in [0.05, 0.1) is 25.5 Å². The third kappa shape index (κ3) is 3.93. The molecule has 1 aromatic carbocycles. The van der Waals surface area contributed by atoms with Crippen molar-refractivity contribution in [1.29, 1.82) is 0 Å². The quantitative estimate of drug-likeness (QED) is 0.497. The van der Waals surface area contributed by atoms with E-state index in [0.717, 1.165) is 30.6 Å². The minimum atomic E-state index is -0.164. The fourth-order valence-corrected chi connectivity index (χ4v) is 4.71. The number of anilines is 1. The maximum Gasteiger partial charge on any atom is 0.267 e. The Hall–Kier alpha value is -0.960. The van der Waals surface area contributed by atoms with E-state index in [4.69, 9.17) is 4.74 Å². The summed E-state index contributed by atoms with van der Waals surface area (Å²) in [7, 11) is 0. The molecule has 3 aromatic rings. The molecule has 8 heteroatoms. The second kappa shape index (κ2) is 7.29. The number of carbonyl (C=O) groups excluding carboxylic acids is 1. The number of amides is 1. The van der Waals surface area contributed by atoms with E-state index in [-0.39, 0.29) is 5.91 Å². The van der Waals surface area contributed by atoms with Crippen molar-refractivity contribution in [3.05, 3.63) is 37.4 Å². The van der Waals surface area contributed by atoms with E-state index in [1.54, 1.807) is 6.07 Å². The molecule has 4 nitrogen and oxygen atoms in total. The van der Waals surface area contributed by atoms with Gasteiger partial charge in [0, 0.05) is 4.47 Å². The van der Waals surface area contributed by atoms with Crippen LogP contribution in [0.2, 0.25) is 0 Å². The monoisotopic (exact) mass is 474 g/mol. The third-order valence-electron chi connectivity index (χ3n) is 2.92. The summed E-state index contributed by atoms with van der Waals surface area (Å²) in [5.41, 5.74) is 0.850. The van der Waals surface area contributed by atoms with Crippen LogP contribution in [-0.2, 0) is 0 Å². The molecule has 0 radical (unpaired) electrons. The maximum absolute atomic E-state index is 12.3. The Morgan fingerprint density at radius 1 is 1.30 bits per heavy atom. The Morgan fingerprint density at radius 3 is 2.83 bits per heavy atom. The number of nitrogens with one attached hydrogen (secondary N) is 1. The van der Waals surface area contributed by atoms with Gasteiger partial charge in [-0.3, -0.25) is 10.1 Å². The Kier molecular flexibility index (Phi) is 5.35. The molecule has 3 rings (SSSR count). The zero-order valence-corrected chi connectivity index (χ0v) is 16.9. The first kappa shape index (κ1) is 16.9. The third-order valence-corrected chi connectivity index (χ3v) is 7.11. The molecule has 0 saturated carbocycles. The number of thiazole rings is 1. The van der Waals surface area contributed by atoms with Crippen LogP contribution in [0.3, 0.4) is 0 Å². The van der Waals surface area contributed by atoms with Gasteiger partial charge in [-0.15, -0.1) is 11.3 Å². The second-order valence-corrected chi connectivity index (χ2v) is 8.94. The summed E-state index contributed by atoms with van der Waals surface area (Å²) < 4.78 is 8.37. The number of rotatable bonds is 5. The summed E-state index contributed by atoms with van der Waals surface area (Å²) >= 11 is 9.59. The SMILES string of the molecule is CCCOc1ccc2nc(NC(=O)c3cc(Br)c(Br)s3)sc2c1. The van der Waals surface area contributed by atoms with Crippen LogP contribution in [-0.4, -0.2) is 17.5 Å². The number of hydrogen-bond donors (Lipinski definition) is 1. The van der Waals surface area contributed by atoms with Gasteiger partial charge >= 0.3 is 0 Å². The highest BCUT2D eigenvalue weighted by Crippen LogP contribution is 2.34. The summed E-state index contributed by atoms with van der Waals surface area (Å²) in [6.45, 7) is 2.76. The van der Waals surface area contributed by atoms with Crippen molar-refractivity contribution >= 4 is 75.8 Å². The first-order valence-corrected chi connectivity index (χ1v) is 10.1. The molecular formula is C15H12Br2N2O2S2. The van der Waals surface area contributed by atoms with Gasteiger partial charge < -0.3 is 4.74 Å². The molecule has 0 unspecified atom stereocenters. The normalized spacial score (nSPS) is 10.9. The van der Waals surface area contributed by atoms with Crippen LogP contribution < -0.4 is 10.1 Å². The number of halogens is 2. The molecule has 0 atom stereocenters. The highest BCUT2D eigenvalue weighted by molar-refractivity contribution is 9.13. The first-order valence-electron chi connectivity index (χ1n) is 6.86. The molecular weight excluding hydrogens is 464 g/mol. The van der Waals surface area contributed by atoms with E-state index in [1.807, 2.05) is 18.2 Å². The fourth-order valence-electron chi connectivity index (χ4n) is 1.89. The molecule has 2 aromatic heterocycles. The minimum Gasteiger partial charge on any atom is -0.494 e. The van der Waals surface area contributed by atoms with Crippen molar-refractivity contribution in [3.8, 4) is 5.75 Å². The van der Waals surface area contributed by atoms with Crippen LogP contribution >= 0.6 is 54.5 Å². The molecule has 1 N–H and O–H groups in total. The van der Waals surface area contributed by atoms with Crippen LogP contribution in [0.25, 0.3) is 10.2 Å². The average Bonchev–Trinajstić information content (AvgIpc) is 3.07. The summed E-state index contributed by atoms with van der Waals surface area (Å²) in [6.07, 6.45) is 0.966. The van der Waals surface area contributed by atoms with E-state index < -0.39 is 0 Å². The molecule has 0 fully saturated rings. The highest BCUT2D eigenvalue weighted by Gasteiger charge is 2.14. The zero-order chi connectivity index (χ0) is 16.4. The number of fused-ring (bicyclic) bond motifs is 1. The van der Waals surface area contributed by atoms with Gasteiger partial charge in [-0.05, 0) is 62.5 Å². The topological polar surface area (TPSA) is 51.2 Å². The smallest absolute Gasteiger partial charge is 0.267 e. The van der Waals surface area contributed by atoms with Crippen LogP contribution in [0.5, 0.6) is 5.75 Å². The van der Waals surface area contributed by atoms with Crippen molar-refractivity contribution in [2.75, 3.05) is 11.9 Å². The summed E-state index contributed by atoms with van der Waals surface area (Å²) in [5, 5.41) is 3.43. The van der Waals surface area contributed by atoms with E-state index in [0.29, 0.717) is 16.6 Å². The van der Waals surface area contributed by atoms with Crippen molar-refractivity contribution in [1.82, 2.24) is 4.98 Å². The second-order valence-electron chi connectivity index (χ2n) is 4.68. The lowest BCUT2D eigenvalue weighted by Gasteiger charge is -2.02. The van der Waals surface area contributed by atoms with Crippen LogP contribution in [0.15, 0.2) is 32.5 Å². The van der Waals surface area contributed by atoms with Gasteiger partial charge in [0.25, 0.3) is 5.91 Å². The predicted octanol–water partition coefficient (Wildman–Crippen LogP) is 5.92. The number of aromatic nitrogens is 1. The van der Waals surface area contributed by atoms with E-state index in [9.17, 15) is 4.79 Å². The molecule has 120 valence electrons. The zero-order valence-electron chi connectivity index (χ0n) is 12.1. The summed E-state index contributed by atoms with van der Waals surface area (Å²) in [6, 6.07) is 7.55. The molecule has 23 heavy (non-hydrogen) atoms. The molecule has 1 amide bonds. The number of ether oxygens (including phenoxy) is 1. The van der Waals surface area contributed by atoms with E-state index in [1.165, 1.54) is 22.7 Å². The van der Waals surface area contributed by atoms with Gasteiger partial charge in [0.1, 0.15) is 5.75 Å². The lowest BCUT2D eigenvalue weighted by Crippen LogP contribution is -2.09. The van der Waals surface area contributed by atoms with Gasteiger partial charge in [-0.2, -0.15) is 0 Å². The maximum atomic E-state index is 12.3. The summed E-state index contributed by atoms with van der Waals surface area (Å²) in [5.74, 6) is 0.662. The molecule has 0 aliphatic carbocycles. The van der Waals surface area contributed by atoms with E-state index >= 15 is 0 Å². The Bertz CT molecular complexity index is 841. The number of carbonyl (C=O) groups is 1. The lowest BCUT2D eigenvalue weighted by molar-refractivity contribution is 0.103. The minimum absolute atomic E-state index is 0.164. The number of benzene rings is 1. The standard InChI is InChI=1S/C15H12Br2N2O2S2/c1-2-5-21-8-3-4-10-11(6-8)23-15(18-10)19-14(20)12-7-9(16)13(17)22-12/h3-4,6-7H,2,5H2,1H3,(H,18,19,20). The number of nitrogens with zero attached hydrogens (tertiary/aromatic N) is 1. The summed E-state index contributed by atoms with van der Waals surface area (Å²) in [4.78, 5) is 17.3. The average molecular weight is 476 g/mol. The van der Waals surface area contributed by atoms with Crippen molar-refractivity contribution in [3.63, 3.8) is 0 Å². The fraction of sp³-hybridized carbons (Fsp3) is 0.200. The number of thiophene rings is 1. The Balaban J connectivity index is 1.78. The molecule has 0 aliphatic heterocycles. The van der Waals surface area contributed by atoms with Crippen LogP contribution in [0.4, 0.5) is 5.13 Å². The Labute approximate surface area is 158 Å². The van der Waals surface area contributed by atoms with Crippen LogP contribution in [0.1, 0.15) is 23.0 Å². The van der Waals surface area contributed by atoms with E-state index in [2.05, 4.69) is 49.1 Å². The molecule has 0 aliphatic rings. The Morgan fingerprint density at radius 2 is 2.13 bits per heavy atom. The van der Waals surface area contributed by atoms with Crippen molar-refractivity contribution in [2.45, 2.75) is 13.3 Å². The largest absolute Gasteiger partial charge is 0.494 e. The van der Waals surface area contributed by atoms with Gasteiger partial charge in [0.15, 0.2) is 5.13 Å². The molecule has 2 heterocycles. The van der Waals surface area contributed by atoms with Crippen molar-refractivity contribution in [2.24, 2.45) is 0 Å². The first-order chi connectivity index (χ1) is 11.1. The number of hydrogen-bond acceptors (Lipinski definition) is 5. The van der Waals surface area contributed by atoms with Gasteiger partial charge in [-0.1, -0.05) is 18.3 Å². The van der Waals surface area contributed by atoms with Gasteiger partial charge in [0.2, 0.25) is 0 Å². The van der Waals surface area contributed by atoms with Gasteiger partial charge in [-0.25, -0.2) is 4.98 Å². The lowest BCUT2D eigenvalue weighted by atomic mass is 10.3. The predicted molar refractivity (Wildman–Crippen MR) is 103 cm³/mol. The molecule has 0 bridgehead atoms. The van der Waals surface area contributed by atoms with Crippen LogP contribution in [0, 0.1) is 0 Å². The molecule has 0 saturated heterocycles. The van der Waals surface area contributed by atoms with Crippen molar-refractivity contribution < 1.29 is 9.53 Å².